The van der Waals surface area contributed by atoms with Gasteiger partial charge in [-0.2, -0.15) is 0 Å². The highest BCUT2D eigenvalue weighted by molar-refractivity contribution is 5.08. The van der Waals surface area contributed by atoms with E-state index >= 15 is 0 Å². The van der Waals surface area contributed by atoms with E-state index in [-0.39, 0.29) is 0 Å². The molecule has 2 atom stereocenters. The fourth-order valence-corrected chi connectivity index (χ4v) is 3.23. The van der Waals surface area contributed by atoms with Gasteiger partial charge in [0.25, 0.3) is 0 Å². The van der Waals surface area contributed by atoms with E-state index < -0.39 is 0 Å². The molecule has 1 saturated carbocycles. The van der Waals surface area contributed by atoms with Crippen molar-refractivity contribution in [2.24, 2.45) is 5.92 Å². The smallest absolute Gasteiger partial charge is 0.0312 e. The highest BCUT2D eigenvalue weighted by Gasteiger charge is 2.25. The zero-order chi connectivity index (χ0) is 13.5. The van der Waals surface area contributed by atoms with Crippen LogP contribution < -0.4 is 5.32 Å². The Kier molecular flexibility index (Phi) is 5.80. The topological polar surface area (TPSA) is 28.2 Å². The quantitative estimate of drug-likeness (QED) is 0.853. The van der Waals surface area contributed by atoms with Crippen LogP contribution in [0.5, 0.6) is 0 Å². The summed E-state index contributed by atoms with van der Waals surface area (Å²) in [5, 5.41) is 3.66. The first-order valence-corrected chi connectivity index (χ1v) is 7.60. The minimum atomic E-state index is 0.718. The van der Waals surface area contributed by atoms with Crippen LogP contribution in [0.25, 0.3) is 0 Å². The molecule has 2 unspecified atom stereocenters. The molecule has 0 amide bonds. The van der Waals surface area contributed by atoms with E-state index in [1.165, 1.54) is 37.8 Å². The van der Waals surface area contributed by atoms with Crippen molar-refractivity contribution < 1.29 is 0 Å². The lowest BCUT2D eigenvalue weighted by Gasteiger charge is -2.34. The summed E-state index contributed by atoms with van der Waals surface area (Å²) in [4.78, 5) is 6.63. The van der Waals surface area contributed by atoms with Gasteiger partial charge in [0.05, 0.1) is 0 Å². The van der Waals surface area contributed by atoms with Crippen molar-refractivity contribution in [3.63, 3.8) is 0 Å². The van der Waals surface area contributed by atoms with Crippen molar-refractivity contribution in [1.29, 1.82) is 0 Å². The molecule has 106 valence electrons. The minimum Gasteiger partial charge on any atom is -0.314 e. The molecule has 2 rings (SSSR count). The predicted molar refractivity (Wildman–Crippen MR) is 80.0 cm³/mol. The van der Waals surface area contributed by atoms with Gasteiger partial charge in [0.15, 0.2) is 0 Å². The predicted octanol–water partition coefficient (Wildman–Crippen LogP) is 2.68. The van der Waals surface area contributed by atoms with Crippen LogP contribution in [0.1, 0.15) is 38.2 Å². The molecule has 1 fully saturated rings. The Balaban J connectivity index is 1.84. The Morgan fingerprint density at radius 2 is 2.21 bits per heavy atom. The number of nitrogens with zero attached hydrogens (tertiary/aromatic N) is 2. The zero-order valence-electron chi connectivity index (χ0n) is 12.3. The van der Waals surface area contributed by atoms with E-state index in [9.17, 15) is 0 Å². The molecule has 1 aromatic rings. The van der Waals surface area contributed by atoms with Gasteiger partial charge in [0, 0.05) is 31.5 Å². The number of rotatable bonds is 6. The van der Waals surface area contributed by atoms with Gasteiger partial charge in [-0.3, -0.25) is 4.98 Å². The lowest BCUT2D eigenvalue weighted by atomic mass is 9.84. The average molecular weight is 261 g/mol. The molecule has 0 radical (unpaired) electrons. The van der Waals surface area contributed by atoms with Gasteiger partial charge in [-0.05, 0) is 44.0 Å². The molecule has 1 aromatic heterocycles. The van der Waals surface area contributed by atoms with Crippen LogP contribution in [0, 0.1) is 5.92 Å². The second kappa shape index (κ2) is 7.61. The average Bonchev–Trinajstić information content (AvgIpc) is 2.42. The molecule has 0 saturated heterocycles. The number of nitrogens with one attached hydrogen (secondary N) is 1. The Labute approximate surface area is 117 Å². The van der Waals surface area contributed by atoms with Crippen molar-refractivity contribution in [2.45, 2.75) is 45.2 Å². The van der Waals surface area contributed by atoms with Crippen LogP contribution in [-0.4, -0.2) is 36.1 Å². The normalized spacial score (nSPS) is 23.7. The lowest BCUT2D eigenvalue weighted by Crippen LogP contribution is -2.43. The molecule has 1 aliphatic carbocycles. The van der Waals surface area contributed by atoms with Crippen LogP contribution in [0.2, 0.25) is 0 Å². The molecule has 0 spiro atoms. The van der Waals surface area contributed by atoms with E-state index in [4.69, 9.17) is 0 Å². The number of pyridine rings is 1. The van der Waals surface area contributed by atoms with Gasteiger partial charge in [0.1, 0.15) is 0 Å². The van der Waals surface area contributed by atoms with Crippen LogP contribution in [-0.2, 0) is 6.54 Å². The fourth-order valence-electron chi connectivity index (χ4n) is 3.23. The molecule has 0 bridgehead atoms. The summed E-state index contributed by atoms with van der Waals surface area (Å²) in [6.45, 7) is 5.49. The van der Waals surface area contributed by atoms with Crippen LogP contribution in [0.4, 0.5) is 0 Å². The summed E-state index contributed by atoms with van der Waals surface area (Å²) in [6.07, 6.45) is 9.31. The Hall–Kier alpha value is -0.930. The van der Waals surface area contributed by atoms with Crippen molar-refractivity contribution in [2.75, 3.05) is 20.1 Å². The van der Waals surface area contributed by atoms with Crippen molar-refractivity contribution in [1.82, 2.24) is 15.2 Å². The van der Waals surface area contributed by atoms with Crippen LogP contribution in [0.15, 0.2) is 24.5 Å². The molecule has 1 heterocycles. The van der Waals surface area contributed by atoms with E-state index in [1.54, 1.807) is 0 Å². The van der Waals surface area contributed by atoms with E-state index in [1.807, 2.05) is 18.5 Å². The second-order valence-corrected chi connectivity index (χ2v) is 5.77. The third-order valence-corrected chi connectivity index (χ3v) is 4.10. The number of aromatic nitrogens is 1. The maximum absolute atomic E-state index is 4.19. The maximum Gasteiger partial charge on any atom is 0.0312 e. The molecule has 3 nitrogen and oxygen atoms in total. The maximum atomic E-state index is 4.19. The Morgan fingerprint density at radius 1 is 1.37 bits per heavy atom. The van der Waals surface area contributed by atoms with Crippen LogP contribution >= 0.6 is 0 Å². The van der Waals surface area contributed by atoms with E-state index in [0.29, 0.717) is 0 Å². The summed E-state index contributed by atoms with van der Waals surface area (Å²) >= 11 is 0. The van der Waals surface area contributed by atoms with Gasteiger partial charge in [-0.15, -0.1) is 0 Å². The highest BCUT2D eigenvalue weighted by Crippen LogP contribution is 2.25. The number of hydrogen-bond donors (Lipinski definition) is 1. The standard InChI is InChI=1S/C16H27N3/c1-3-18-16-9-5-4-8-15(16)13-19(2)12-14-7-6-10-17-11-14/h6-7,10-11,15-16,18H,3-5,8-9,12-13H2,1-2H3. The third-order valence-electron chi connectivity index (χ3n) is 4.10. The monoisotopic (exact) mass is 261 g/mol. The SMILES string of the molecule is CCNC1CCCCC1CN(C)Cc1cccnc1. The van der Waals surface area contributed by atoms with Gasteiger partial charge in [0.2, 0.25) is 0 Å². The zero-order valence-corrected chi connectivity index (χ0v) is 12.3. The molecule has 3 heteroatoms. The summed E-state index contributed by atoms with van der Waals surface area (Å²) in [7, 11) is 2.23. The summed E-state index contributed by atoms with van der Waals surface area (Å²) in [5.41, 5.74) is 1.31. The van der Waals surface area contributed by atoms with Crippen LogP contribution in [0.3, 0.4) is 0 Å². The summed E-state index contributed by atoms with van der Waals surface area (Å²) < 4.78 is 0. The Morgan fingerprint density at radius 3 is 2.95 bits per heavy atom. The fraction of sp³-hybridized carbons (Fsp3) is 0.688. The molecular formula is C16H27N3. The largest absolute Gasteiger partial charge is 0.314 e. The minimum absolute atomic E-state index is 0.718. The van der Waals surface area contributed by atoms with Crippen molar-refractivity contribution in [3.8, 4) is 0 Å². The molecular weight excluding hydrogens is 234 g/mol. The first kappa shape index (κ1) is 14.5. The summed E-state index contributed by atoms with van der Waals surface area (Å²) in [6, 6.07) is 4.90. The van der Waals surface area contributed by atoms with E-state index in [0.717, 1.165) is 25.0 Å². The first-order chi connectivity index (χ1) is 9.29. The van der Waals surface area contributed by atoms with Crippen molar-refractivity contribution in [3.05, 3.63) is 30.1 Å². The second-order valence-electron chi connectivity index (χ2n) is 5.77. The molecule has 0 aliphatic heterocycles. The summed E-state index contributed by atoms with van der Waals surface area (Å²) in [5.74, 6) is 0.801. The van der Waals surface area contributed by atoms with Gasteiger partial charge < -0.3 is 10.2 Å². The Bertz CT molecular complexity index is 350. The highest BCUT2D eigenvalue weighted by atomic mass is 15.1. The molecule has 1 aliphatic rings. The molecule has 0 aromatic carbocycles. The first-order valence-electron chi connectivity index (χ1n) is 7.60. The third kappa shape index (κ3) is 4.59. The van der Waals surface area contributed by atoms with Crippen molar-refractivity contribution >= 4 is 0 Å². The molecule has 1 N–H and O–H groups in total. The van der Waals surface area contributed by atoms with Gasteiger partial charge in [-0.1, -0.05) is 25.8 Å². The number of hydrogen-bond acceptors (Lipinski definition) is 3. The lowest BCUT2D eigenvalue weighted by molar-refractivity contribution is 0.186. The van der Waals surface area contributed by atoms with Gasteiger partial charge in [-0.25, -0.2) is 0 Å². The molecule has 19 heavy (non-hydrogen) atoms. The van der Waals surface area contributed by atoms with E-state index in [2.05, 4.69) is 35.2 Å². The van der Waals surface area contributed by atoms with Gasteiger partial charge >= 0.3 is 0 Å².